The summed E-state index contributed by atoms with van der Waals surface area (Å²) in [5.41, 5.74) is 4.22. The Hall–Kier alpha value is -2.67. The first-order chi connectivity index (χ1) is 12.4. The molecule has 0 spiro atoms. The summed E-state index contributed by atoms with van der Waals surface area (Å²) in [4.78, 5) is 0. The Morgan fingerprint density at radius 3 is 2.50 bits per heavy atom. The molecule has 0 radical (unpaired) electrons. The zero-order valence-corrected chi connectivity index (χ0v) is 16.3. The zero-order valence-electron chi connectivity index (χ0n) is 16.3. The summed E-state index contributed by atoms with van der Waals surface area (Å²) in [6.07, 6.45) is 19.3. The smallest absolute Gasteiger partial charge is 0.131 e. The zero-order chi connectivity index (χ0) is 19.5. The summed E-state index contributed by atoms with van der Waals surface area (Å²) in [6, 6.07) is 3.60. The maximum absolute atomic E-state index is 14.6. The molecule has 0 fully saturated rings. The molecule has 0 bridgehead atoms. The fourth-order valence-electron chi connectivity index (χ4n) is 2.51. The SMILES string of the molecule is C=C/C(C)=C/C=C\C=C\C(C)c1cc(C)cc(F)c1C(=C)/C=C\C=C/C. The first-order valence-electron chi connectivity index (χ1n) is 8.83. The largest absolute Gasteiger partial charge is 0.206 e. The normalized spacial score (nSPS) is 14.1. The minimum Gasteiger partial charge on any atom is -0.206 e. The van der Waals surface area contributed by atoms with Crippen LogP contribution in [0.3, 0.4) is 0 Å². The molecule has 0 aliphatic heterocycles. The summed E-state index contributed by atoms with van der Waals surface area (Å²) in [7, 11) is 0. The molecule has 0 aromatic heterocycles. The van der Waals surface area contributed by atoms with Crippen molar-refractivity contribution < 1.29 is 4.39 Å². The molecule has 136 valence electrons. The molecule has 0 aliphatic carbocycles. The molecule has 1 atom stereocenters. The highest BCUT2D eigenvalue weighted by Crippen LogP contribution is 2.30. The molecule has 1 rings (SSSR count). The number of benzene rings is 1. The van der Waals surface area contributed by atoms with Crippen LogP contribution in [0.15, 0.2) is 91.6 Å². The van der Waals surface area contributed by atoms with Gasteiger partial charge in [-0.3, -0.25) is 0 Å². The number of rotatable bonds is 8. The van der Waals surface area contributed by atoms with Crippen LogP contribution in [0.4, 0.5) is 4.39 Å². The molecule has 0 heterocycles. The molecule has 1 unspecified atom stereocenters. The van der Waals surface area contributed by atoms with E-state index in [0.29, 0.717) is 11.1 Å². The van der Waals surface area contributed by atoms with Gasteiger partial charge in [-0.1, -0.05) is 92.5 Å². The van der Waals surface area contributed by atoms with Crippen LogP contribution in [0.25, 0.3) is 5.57 Å². The highest BCUT2D eigenvalue weighted by Gasteiger charge is 2.15. The van der Waals surface area contributed by atoms with E-state index in [9.17, 15) is 4.39 Å². The molecule has 0 amide bonds. The lowest BCUT2D eigenvalue weighted by molar-refractivity contribution is 0.619. The molecular formula is C25H29F. The molecule has 1 aromatic rings. The maximum atomic E-state index is 14.6. The summed E-state index contributed by atoms with van der Waals surface area (Å²) < 4.78 is 14.6. The number of hydrogen-bond donors (Lipinski definition) is 0. The van der Waals surface area contributed by atoms with E-state index in [1.807, 2.05) is 81.5 Å². The summed E-state index contributed by atoms with van der Waals surface area (Å²) >= 11 is 0. The van der Waals surface area contributed by atoms with Gasteiger partial charge in [0.1, 0.15) is 5.82 Å². The molecule has 0 saturated carbocycles. The lowest BCUT2D eigenvalue weighted by Crippen LogP contribution is -2.00. The van der Waals surface area contributed by atoms with Crippen LogP contribution in [-0.2, 0) is 0 Å². The lowest BCUT2D eigenvalue weighted by atomic mass is 9.89. The molecule has 0 saturated heterocycles. The monoisotopic (exact) mass is 348 g/mol. The second-order valence-corrected chi connectivity index (χ2v) is 6.29. The Bertz CT molecular complexity index is 783. The Labute approximate surface area is 158 Å². The Balaban J connectivity index is 3.13. The van der Waals surface area contributed by atoms with Crippen LogP contribution < -0.4 is 0 Å². The molecule has 0 N–H and O–H groups in total. The van der Waals surface area contributed by atoms with Crippen molar-refractivity contribution in [2.75, 3.05) is 0 Å². The van der Waals surface area contributed by atoms with Crippen LogP contribution in [-0.4, -0.2) is 0 Å². The fraction of sp³-hybridized carbons (Fsp3) is 0.200. The molecule has 0 aliphatic rings. The van der Waals surface area contributed by atoms with Gasteiger partial charge >= 0.3 is 0 Å². The van der Waals surface area contributed by atoms with Crippen molar-refractivity contribution in [2.45, 2.75) is 33.6 Å². The fourth-order valence-corrected chi connectivity index (χ4v) is 2.51. The van der Waals surface area contributed by atoms with E-state index in [-0.39, 0.29) is 11.7 Å². The molecular weight excluding hydrogens is 319 g/mol. The molecule has 26 heavy (non-hydrogen) atoms. The van der Waals surface area contributed by atoms with E-state index in [1.165, 1.54) is 0 Å². The van der Waals surface area contributed by atoms with E-state index in [4.69, 9.17) is 0 Å². The van der Waals surface area contributed by atoms with Crippen molar-refractivity contribution >= 4 is 5.57 Å². The standard InChI is InChI=1S/C25H29F/c1-7-9-11-16-22(6)25-23(17-20(4)18-24(25)26)21(5)15-13-10-12-14-19(3)8-2/h7-18,21H,2,6H2,1,3-5H3/b9-7-,12-10-,15-13+,16-11-,19-14+. The quantitative estimate of drug-likeness (QED) is 0.424. The van der Waals surface area contributed by atoms with Gasteiger partial charge in [-0.15, -0.1) is 0 Å². The molecule has 1 aromatic carbocycles. The first kappa shape index (κ1) is 21.4. The van der Waals surface area contributed by atoms with Crippen LogP contribution in [0, 0.1) is 12.7 Å². The lowest BCUT2D eigenvalue weighted by Gasteiger charge is -2.16. The first-order valence-corrected chi connectivity index (χ1v) is 8.83. The third-order valence-corrected chi connectivity index (χ3v) is 3.98. The molecule has 1 heteroatoms. The second kappa shape index (κ2) is 11.0. The Kier molecular flexibility index (Phi) is 9.08. The van der Waals surface area contributed by atoms with Gasteiger partial charge in [0.25, 0.3) is 0 Å². The Morgan fingerprint density at radius 1 is 1.12 bits per heavy atom. The van der Waals surface area contributed by atoms with Gasteiger partial charge < -0.3 is 0 Å². The van der Waals surface area contributed by atoms with Crippen molar-refractivity contribution in [3.63, 3.8) is 0 Å². The van der Waals surface area contributed by atoms with Crippen molar-refractivity contribution in [1.82, 2.24) is 0 Å². The number of aryl methyl sites for hydroxylation is 1. The minimum absolute atomic E-state index is 0.0698. The summed E-state index contributed by atoms with van der Waals surface area (Å²) in [6.45, 7) is 15.7. The minimum atomic E-state index is -0.226. The summed E-state index contributed by atoms with van der Waals surface area (Å²) in [5, 5.41) is 0. The average molecular weight is 349 g/mol. The van der Waals surface area contributed by atoms with E-state index >= 15 is 0 Å². The average Bonchev–Trinajstić information content (AvgIpc) is 2.60. The van der Waals surface area contributed by atoms with Crippen LogP contribution in [0.5, 0.6) is 0 Å². The van der Waals surface area contributed by atoms with Crippen LogP contribution in [0.2, 0.25) is 0 Å². The van der Waals surface area contributed by atoms with Crippen molar-refractivity contribution in [2.24, 2.45) is 0 Å². The number of halogens is 1. The van der Waals surface area contributed by atoms with E-state index in [2.05, 4.69) is 26.2 Å². The van der Waals surface area contributed by atoms with Crippen LogP contribution in [0.1, 0.15) is 43.4 Å². The van der Waals surface area contributed by atoms with Gasteiger partial charge in [0.05, 0.1) is 0 Å². The Morgan fingerprint density at radius 2 is 1.85 bits per heavy atom. The van der Waals surface area contributed by atoms with Gasteiger partial charge in [0.2, 0.25) is 0 Å². The maximum Gasteiger partial charge on any atom is 0.131 e. The predicted molar refractivity (Wildman–Crippen MR) is 115 cm³/mol. The van der Waals surface area contributed by atoms with Gasteiger partial charge in [-0.05, 0) is 49.5 Å². The van der Waals surface area contributed by atoms with E-state index in [1.54, 1.807) is 6.07 Å². The molecule has 0 nitrogen and oxygen atoms in total. The summed E-state index contributed by atoms with van der Waals surface area (Å²) in [5.74, 6) is -0.157. The number of allylic oxidation sites excluding steroid dienone is 12. The van der Waals surface area contributed by atoms with Gasteiger partial charge in [0, 0.05) is 5.56 Å². The third-order valence-electron chi connectivity index (χ3n) is 3.98. The topological polar surface area (TPSA) is 0 Å². The van der Waals surface area contributed by atoms with Crippen molar-refractivity contribution in [1.29, 1.82) is 0 Å². The van der Waals surface area contributed by atoms with E-state index in [0.717, 1.165) is 16.7 Å². The highest BCUT2D eigenvalue weighted by atomic mass is 19.1. The second-order valence-electron chi connectivity index (χ2n) is 6.29. The van der Waals surface area contributed by atoms with Crippen molar-refractivity contribution in [3.05, 3.63) is 114 Å². The van der Waals surface area contributed by atoms with Gasteiger partial charge in [-0.2, -0.15) is 0 Å². The third kappa shape index (κ3) is 6.68. The van der Waals surface area contributed by atoms with Gasteiger partial charge in [0.15, 0.2) is 0 Å². The predicted octanol–water partition coefficient (Wildman–Crippen LogP) is 7.63. The van der Waals surface area contributed by atoms with Crippen LogP contribution >= 0.6 is 0 Å². The number of hydrogen-bond acceptors (Lipinski definition) is 0. The van der Waals surface area contributed by atoms with E-state index < -0.39 is 0 Å². The highest BCUT2D eigenvalue weighted by molar-refractivity contribution is 5.75. The van der Waals surface area contributed by atoms with Gasteiger partial charge in [-0.25, -0.2) is 4.39 Å². The van der Waals surface area contributed by atoms with Crippen molar-refractivity contribution in [3.8, 4) is 0 Å².